The Morgan fingerprint density at radius 3 is 2.47 bits per heavy atom. The Morgan fingerprint density at radius 2 is 1.80 bits per heavy atom. The van der Waals surface area contributed by atoms with Gasteiger partial charge in [-0.1, -0.05) is 62.0 Å². The number of aryl methyl sites for hydroxylation is 1. The van der Waals surface area contributed by atoms with Crippen LogP contribution in [0.5, 0.6) is 5.75 Å². The Labute approximate surface area is 261 Å². The molecule has 0 spiro atoms. The molecule has 3 amide bonds. The number of alkyl halides is 3. The quantitative estimate of drug-likeness (QED) is 0.226. The number of aromatic nitrogens is 3. The number of ether oxygens (including phenoxy) is 1. The van der Waals surface area contributed by atoms with Crippen molar-refractivity contribution < 1.29 is 27.5 Å². The second-order valence-corrected chi connectivity index (χ2v) is 11.5. The van der Waals surface area contributed by atoms with Crippen LogP contribution in [-0.4, -0.2) is 44.0 Å². The lowest BCUT2D eigenvalue weighted by Crippen LogP contribution is -2.32. The third-order valence-corrected chi connectivity index (χ3v) is 7.62. The second-order valence-electron chi connectivity index (χ2n) is 10.6. The summed E-state index contributed by atoms with van der Waals surface area (Å²) in [6.45, 7) is 7.80. The Morgan fingerprint density at radius 1 is 1.09 bits per heavy atom. The van der Waals surface area contributed by atoms with E-state index in [1.54, 1.807) is 13.0 Å². The van der Waals surface area contributed by atoms with E-state index in [2.05, 4.69) is 39.0 Å². The number of thioether (sulfide) groups is 1. The summed E-state index contributed by atoms with van der Waals surface area (Å²) in [5.41, 5.74) is 5.33. The summed E-state index contributed by atoms with van der Waals surface area (Å²) >= 11 is 1.23. The molecule has 1 fully saturated rings. The average molecular weight is 635 g/mol. The number of allylic oxidation sites excluding steroid dienone is 1. The van der Waals surface area contributed by atoms with Crippen molar-refractivity contribution in [3.05, 3.63) is 95.4 Å². The summed E-state index contributed by atoms with van der Waals surface area (Å²) in [5.74, 6) is 0.351. The van der Waals surface area contributed by atoms with Crippen molar-refractivity contribution in [2.24, 2.45) is 4.99 Å². The molecule has 0 atom stereocenters. The van der Waals surface area contributed by atoms with E-state index in [0.717, 1.165) is 27.9 Å². The molecule has 0 bridgehead atoms. The molecule has 45 heavy (non-hydrogen) atoms. The largest absolute Gasteiger partial charge is 0.573 e. The molecule has 0 unspecified atom stereocenters. The van der Waals surface area contributed by atoms with E-state index in [1.165, 1.54) is 51.9 Å². The molecule has 1 saturated heterocycles. The highest BCUT2D eigenvalue weighted by Gasteiger charge is 2.33. The highest BCUT2D eigenvalue weighted by molar-refractivity contribution is 8.15. The first kappa shape index (κ1) is 31.5. The van der Waals surface area contributed by atoms with Crippen LogP contribution in [0.4, 0.5) is 23.7 Å². The number of rotatable bonds is 7. The first-order valence-electron chi connectivity index (χ1n) is 13.9. The standard InChI is InChI=1S/C32H29F3N6O3S/c1-19(2)26-14-5-20(3)15-27(26)41-28(42)17-45-31(41)38-30(43)37-21(4)16-22-6-8-23(9-7-22)29-36-18-40(39-29)24-10-12-25(13-11-24)44-32(33,34)35/h5-16,18-19H,17H2,1-4H3,(H,37,43)/b21-16+,38-31?. The zero-order valence-electron chi connectivity index (χ0n) is 24.8. The normalized spacial score (nSPS) is 14.8. The van der Waals surface area contributed by atoms with Crippen molar-refractivity contribution in [1.82, 2.24) is 20.1 Å². The minimum absolute atomic E-state index is 0.126. The molecule has 0 aliphatic carbocycles. The van der Waals surface area contributed by atoms with Crippen LogP contribution in [-0.2, 0) is 4.79 Å². The first-order valence-corrected chi connectivity index (χ1v) is 14.9. The number of urea groups is 1. The summed E-state index contributed by atoms with van der Waals surface area (Å²) < 4.78 is 42.6. The SMILES string of the molecule is C/C(=C\c1ccc(-c2ncn(-c3ccc(OC(F)(F)F)cc3)n2)cc1)NC(=O)N=C1SCC(=O)N1c1cc(C)ccc1C(C)C. The summed E-state index contributed by atoms with van der Waals surface area (Å²) in [4.78, 5) is 35.7. The fourth-order valence-electron chi connectivity index (χ4n) is 4.64. The monoisotopic (exact) mass is 634 g/mol. The van der Waals surface area contributed by atoms with Gasteiger partial charge in [-0.2, -0.15) is 4.99 Å². The van der Waals surface area contributed by atoms with Crippen molar-refractivity contribution in [3.63, 3.8) is 0 Å². The Kier molecular flexibility index (Phi) is 9.09. The molecule has 1 N–H and O–H groups in total. The van der Waals surface area contributed by atoms with Gasteiger partial charge < -0.3 is 10.1 Å². The van der Waals surface area contributed by atoms with Crippen LogP contribution in [0.1, 0.15) is 43.4 Å². The second kappa shape index (κ2) is 13.0. The predicted octanol–water partition coefficient (Wildman–Crippen LogP) is 7.47. The van der Waals surface area contributed by atoms with E-state index < -0.39 is 12.4 Å². The van der Waals surface area contributed by atoms with Gasteiger partial charge in [0.25, 0.3) is 0 Å². The first-order chi connectivity index (χ1) is 21.4. The molecule has 3 aromatic carbocycles. The van der Waals surface area contributed by atoms with Crippen molar-refractivity contribution >= 4 is 40.6 Å². The minimum Gasteiger partial charge on any atom is -0.406 e. The van der Waals surface area contributed by atoms with E-state index >= 15 is 0 Å². The van der Waals surface area contributed by atoms with Gasteiger partial charge in [-0.15, -0.1) is 18.3 Å². The molecule has 1 aromatic heterocycles. The number of carbonyl (C=O) groups is 2. The van der Waals surface area contributed by atoms with E-state index in [9.17, 15) is 22.8 Å². The highest BCUT2D eigenvalue weighted by atomic mass is 32.2. The van der Waals surface area contributed by atoms with Crippen LogP contribution in [0.15, 0.2) is 83.7 Å². The number of anilines is 1. The number of halogens is 3. The lowest BCUT2D eigenvalue weighted by molar-refractivity contribution is -0.274. The van der Waals surface area contributed by atoms with Gasteiger partial charge in [0.2, 0.25) is 5.91 Å². The van der Waals surface area contributed by atoms with Gasteiger partial charge in [0.15, 0.2) is 11.0 Å². The predicted molar refractivity (Wildman–Crippen MR) is 168 cm³/mol. The van der Waals surface area contributed by atoms with Gasteiger partial charge in [0.1, 0.15) is 12.1 Å². The Balaban J connectivity index is 1.25. The maximum atomic E-state index is 12.8. The minimum atomic E-state index is -4.76. The molecule has 0 saturated carbocycles. The lowest BCUT2D eigenvalue weighted by atomic mass is 9.99. The number of amides is 3. The summed E-state index contributed by atoms with van der Waals surface area (Å²) in [6, 6.07) is 17.9. The number of carbonyl (C=O) groups excluding carboxylic acids is 2. The summed E-state index contributed by atoms with van der Waals surface area (Å²) in [7, 11) is 0. The lowest BCUT2D eigenvalue weighted by Gasteiger charge is -2.22. The van der Waals surface area contributed by atoms with E-state index in [4.69, 9.17) is 0 Å². The maximum Gasteiger partial charge on any atom is 0.573 e. The van der Waals surface area contributed by atoms with Gasteiger partial charge in [0, 0.05) is 11.3 Å². The average Bonchev–Trinajstić information content (AvgIpc) is 3.60. The molecular weight excluding hydrogens is 605 g/mol. The zero-order chi connectivity index (χ0) is 32.3. The number of nitrogens with one attached hydrogen (secondary N) is 1. The third kappa shape index (κ3) is 7.79. The molecule has 232 valence electrons. The molecule has 1 aliphatic heterocycles. The number of hydrogen-bond donors (Lipinski definition) is 1. The van der Waals surface area contributed by atoms with Gasteiger partial charge in [-0.25, -0.2) is 14.5 Å². The number of nitrogens with zero attached hydrogens (tertiary/aromatic N) is 5. The molecule has 5 rings (SSSR count). The molecule has 2 heterocycles. The molecule has 9 nitrogen and oxygen atoms in total. The molecular formula is C32H29F3N6O3S. The fourth-order valence-corrected chi connectivity index (χ4v) is 5.49. The highest BCUT2D eigenvalue weighted by Crippen LogP contribution is 2.34. The van der Waals surface area contributed by atoms with Crippen LogP contribution in [0, 0.1) is 6.92 Å². The Bertz CT molecular complexity index is 1780. The van der Waals surface area contributed by atoms with Crippen LogP contribution < -0.4 is 15.0 Å². The van der Waals surface area contributed by atoms with Crippen LogP contribution in [0.3, 0.4) is 0 Å². The Hall–Kier alpha value is -4.91. The van der Waals surface area contributed by atoms with Crippen molar-refractivity contribution in [1.29, 1.82) is 0 Å². The topological polar surface area (TPSA) is 102 Å². The van der Waals surface area contributed by atoms with Crippen LogP contribution in [0.2, 0.25) is 0 Å². The van der Waals surface area contributed by atoms with E-state index in [1.807, 2.05) is 49.4 Å². The van der Waals surface area contributed by atoms with Crippen LogP contribution >= 0.6 is 11.8 Å². The van der Waals surface area contributed by atoms with Crippen molar-refractivity contribution in [3.8, 4) is 22.8 Å². The molecule has 1 aliphatic rings. The van der Waals surface area contributed by atoms with E-state index in [0.29, 0.717) is 22.4 Å². The number of amidine groups is 1. The summed E-state index contributed by atoms with van der Waals surface area (Å²) in [6.07, 6.45) is -1.52. The van der Waals surface area contributed by atoms with E-state index in [-0.39, 0.29) is 23.3 Å². The third-order valence-electron chi connectivity index (χ3n) is 6.69. The summed E-state index contributed by atoms with van der Waals surface area (Å²) in [5, 5.41) is 7.50. The van der Waals surface area contributed by atoms with Gasteiger partial charge >= 0.3 is 12.4 Å². The van der Waals surface area contributed by atoms with Crippen molar-refractivity contribution in [2.75, 3.05) is 10.7 Å². The van der Waals surface area contributed by atoms with Gasteiger partial charge in [-0.3, -0.25) is 9.69 Å². The number of benzene rings is 3. The zero-order valence-corrected chi connectivity index (χ0v) is 25.6. The number of hydrogen-bond acceptors (Lipinski definition) is 6. The smallest absolute Gasteiger partial charge is 0.406 e. The van der Waals surface area contributed by atoms with Crippen LogP contribution in [0.25, 0.3) is 23.2 Å². The fraction of sp³-hybridized carbons (Fsp3) is 0.219. The maximum absolute atomic E-state index is 12.8. The molecule has 4 aromatic rings. The number of aliphatic imine (C=N–C) groups is 1. The van der Waals surface area contributed by atoms with Crippen molar-refractivity contribution in [2.45, 2.75) is 40.0 Å². The molecule has 0 radical (unpaired) electrons. The molecule has 13 heteroatoms. The van der Waals surface area contributed by atoms with Gasteiger partial charge in [0.05, 0.1) is 17.1 Å². The van der Waals surface area contributed by atoms with Gasteiger partial charge in [-0.05, 0) is 72.9 Å².